The minimum absolute atomic E-state index is 0.00452. The second kappa shape index (κ2) is 11.1. The summed E-state index contributed by atoms with van der Waals surface area (Å²) in [5.41, 5.74) is 2.55. The predicted octanol–water partition coefficient (Wildman–Crippen LogP) is 2.43. The smallest absolute Gasteiger partial charge is 0.274 e. The quantitative estimate of drug-likeness (QED) is 0.186. The Labute approximate surface area is 193 Å². The molecule has 6 N–H and O–H groups in total. The Bertz CT molecular complexity index is 1040. The molecule has 0 aliphatic heterocycles. The highest BCUT2D eigenvalue weighted by Crippen LogP contribution is 2.30. The average molecular weight is 534 g/mol. The molecule has 0 radical (unpaired) electrons. The average Bonchev–Trinajstić information content (AvgIpc) is 3.21. The minimum atomic E-state index is -3.65. The van der Waals surface area contributed by atoms with Gasteiger partial charge in [0.1, 0.15) is 5.82 Å². The second-order valence-corrected chi connectivity index (χ2v) is 9.86. The summed E-state index contributed by atoms with van der Waals surface area (Å²) >= 11 is 3.09. The maximum Gasteiger partial charge on any atom is 0.274 e. The van der Waals surface area contributed by atoms with E-state index in [2.05, 4.69) is 41.3 Å². The SMILES string of the molecule is NS(=O)(=O)NCC1CCC(CCNc2nonc2C(=Nc2ccc(F)c(Br)c2)NO)CC1. The van der Waals surface area contributed by atoms with Crippen molar-refractivity contribution in [3.8, 4) is 0 Å². The van der Waals surface area contributed by atoms with Gasteiger partial charge in [-0.2, -0.15) is 8.42 Å². The molecule has 14 heteroatoms. The standard InChI is InChI=1S/C18H25BrFN7O4S/c19-14-9-13(5-6-15(14)20)24-18(25-28)16-17(27-31-26-16)22-8-7-11-1-3-12(4-2-11)10-23-32(21,29)30/h5-6,9,11-12,23,28H,1-4,7-8,10H2,(H,22,27)(H,24,25)(H2,21,29,30). The number of nitrogens with zero attached hydrogens (tertiary/aromatic N) is 3. The van der Waals surface area contributed by atoms with E-state index in [1.807, 2.05) is 5.48 Å². The van der Waals surface area contributed by atoms with Gasteiger partial charge in [0.15, 0.2) is 11.5 Å². The molecule has 1 aliphatic carbocycles. The Kier molecular flexibility index (Phi) is 8.53. The fraction of sp³-hybridized carbons (Fsp3) is 0.500. The molecule has 0 saturated heterocycles. The molecule has 0 amide bonds. The van der Waals surface area contributed by atoms with E-state index >= 15 is 0 Å². The molecule has 1 saturated carbocycles. The Morgan fingerprint density at radius 3 is 2.66 bits per heavy atom. The van der Waals surface area contributed by atoms with Crippen molar-refractivity contribution >= 4 is 43.5 Å². The topological polar surface area (TPSA) is 168 Å². The number of nitrogens with two attached hydrogens (primary N) is 1. The maximum atomic E-state index is 13.4. The van der Waals surface area contributed by atoms with Crippen LogP contribution in [0.15, 0.2) is 32.3 Å². The zero-order valence-electron chi connectivity index (χ0n) is 17.1. The molecular weight excluding hydrogens is 509 g/mol. The number of aliphatic imine (C=N–C) groups is 1. The van der Waals surface area contributed by atoms with E-state index in [4.69, 9.17) is 9.77 Å². The van der Waals surface area contributed by atoms with Crippen molar-refractivity contribution in [3.05, 3.63) is 34.2 Å². The largest absolute Gasteiger partial charge is 0.365 e. The van der Waals surface area contributed by atoms with Crippen molar-refractivity contribution < 1.29 is 22.6 Å². The van der Waals surface area contributed by atoms with Gasteiger partial charge in [-0.15, -0.1) is 0 Å². The summed E-state index contributed by atoms with van der Waals surface area (Å²) < 4.78 is 42.8. The molecule has 1 heterocycles. The Morgan fingerprint density at radius 1 is 1.28 bits per heavy atom. The summed E-state index contributed by atoms with van der Waals surface area (Å²) in [6.45, 7) is 0.978. The first-order valence-corrected chi connectivity index (χ1v) is 12.4. The monoisotopic (exact) mass is 533 g/mol. The van der Waals surface area contributed by atoms with Gasteiger partial charge in [-0.25, -0.2) is 23.9 Å². The molecule has 0 bridgehead atoms. The van der Waals surface area contributed by atoms with Gasteiger partial charge in [-0.3, -0.25) is 10.7 Å². The van der Waals surface area contributed by atoms with E-state index in [0.717, 1.165) is 32.1 Å². The van der Waals surface area contributed by atoms with E-state index < -0.39 is 16.0 Å². The van der Waals surface area contributed by atoms with Gasteiger partial charge in [0, 0.05) is 13.1 Å². The van der Waals surface area contributed by atoms with Crippen LogP contribution in [0.25, 0.3) is 0 Å². The van der Waals surface area contributed by atoms with Crippen molar-refractivity contribution in [2.24, 2.45) is 22.0 Å². The number of aromatic nitrogens is 2. The third-order valence-electron chi connectivity index (χ3n) is 5.35. The number of nitrogens with one attached hydrogen (secondary N) is 3. The Balaban J connectivity index is 1.52. The van der Waals surface area contributed by atoms with E-state index in [0.29, 0.717) is 36.4 Å². The van der Waals surface area contributed by atoms with Crippen molar-refractivity contribution in [1.82, 2.24) is 20.5 Å². The third kappa shape index (κ3) is 7.20. The van der Waals surface area contributed by atoms with Gasteiger partial charge in [-0.1, -0.05) is 12.8 Å². The number of hydrogen-bond acceptors (Lipinski definition) is 8. The number of anilines is 1. The number of halogens is 2. The molecule has 11 nitrogen and oxygen atoms in total. The van der Waals surface area contributed by atoms with Crippen LogP contribution in [0.5, 0.6) is 0 Å². The van der Waals surface area contributed by atoms with Gasteiger partial charge < -0.3 is 5.32 Å². The van der Waals surface area contributed by atoms with Crippen LogP contribution in [0.1, 0.15) is 37.8 Å². The number of benzene rings is 1. The first kappa shape index (κ1) is 24.5. The lowest BCUT2D eigenvalue weighted by Crippen LogP contribution is -2.35. The molecule has 1 fully saturated rings. The first-order chi connectivity index (χ1) is 15.2. The summed E-state index contributed by atoms with van der Waals surface area (Å²) in [6.07, 6.45) is 4.73. The predicted molar refractivity (Wildman–Crippen MR) is 119 cm³/mol. The van der Waals surface area contributed by atoms with Crippen LogP contribution in [-0.2, 0) is 10.2 Å². The lowest BCUT2D eigenvalue weighted by molar-refractivity contribution is 0.234. The molecule has 0 atom stereocenters. The normalized spacial score (nSPS) is 19.7. The van der Waals surface area contributed by atoms with Crippen LogP contribution in [0, 0.1) is 17.7 Å². The fourth-order valence-electron chi connectivity index (χ4n) is 3.63. The number of rotatable bonds is 9. The molecule has 32 heavy (non-hydrogen) atoms. The highest BCUT2D eigenvalue weighted by molar-refractivity contribution is 9.10. The van der Waals surface area contributed by atoms with Gasteiger partial charge in [-0.05, 0) is 75.5 Å². The Morgan fingerprint density at radius 2 is 2.00 bits per heavy atom. The highest BCUT2D eigenvalue weighted by Gasteiger charge is 2.22. The van der Waals surface area contributed by atoms with E-state index in [9.17, 15) is 18.0 Å². The molecule has 0 spiro atoms. The van der Waals surface area contributed by atoms with Gasteiger partial charge in [0.25, 0.3) is 10.2 Å². The van der Waals surface area contributed by atoms with Crippen molar-refractivity contribution in [2.45, 2.75) is 32.1 Å². The lowest BCUT2D eigenvalue weighted by atomic mass is 9.80. The van der Waals surface area contributed by atoms with E-state index in [1.165, 1.54) is 18.2 Å². The first-order valence-electron chi connectivity index (χ1n) is 10.0. The van der Waals surface area contributed by atoms with Crippen LogP contribution in [0.4, 0.5) is 15.9 Å². The highest BCUT2D eigenvalue weighted by atomic mass is 79.9. The molecule has 176 valence electrons. The third-order valence-corrected chi connectivity index (χ3v) is 6.52. The summed E-state index contributed by atoms with van der Waals surface area (Å²) in [5.74, 6) is 0.678. The van der Waals surface area contributed by atoms with Crippen LogP contribution in [0.2, 0.25) is 0 Å². The minimum Gasteiger partial charge on any atom is -0.365 e. The molecule has 2 aromatic rings. The molecule has 3 rings (SSSR count). The molecule has 1 aliphatic rings. The number of amidine groups is 1. The van der Waals surface area contributed by atoms with E-state index in [-0.39, 0.29) is 16.0 Å². The van der Waals surface area contributed by atoms with Crippen LogP contribution in [-0.4, -0.2) is 42.9 Å². The van der Waals surface area contributed by atoms with Crippen LogP contribution >= 0.6 is 15.9 Å². The van der Waals surface area contributed by atoms with Gasteiger partial charge in [0.05, 0.1) is 10.2 Å². The zero-order chi connectivity index (χ0) is 23.1. The summed E-state index contributed by atoms with van der Waals surface area (Å²) in [6, 6.07) is 4.16. The van der Waals surface area contributed by atoms with E-state index in [1.54, 1.807) is 0 Å². The Hall–Kier alpha value is -2.13. The summed E-state index contributed by atoms with van der Waals surface area (Å²) in [4.78, 5) is 4.22. The fourth-order valence-corrected chi connectivity index (χ4v) is 4.46. The lowest BCUT2D eigenvalue weighted by Gasteiger charge is -2.28. The van der Waals surface area contributed by atoms with Gasteiger partial charge >= 0.3 is 0 Å². The van der Waals surface area contributed by atoms with Crippen molar-refractivity contribution in [2.75, 3.05) is 18.4 Å². The van der Waals surface area contributed by atoms with Crippen LogP contribution < -0.4 is 20.7 Å². The number of hydrogen-bond donors (Lipinski definition) is 5. The second-order valence-electron chi connectivity index (χ2n) is 7.63. The molecule has 0 unspecified atom stereocenters. The molecular formula is C18H25BrFN7O4S. The summed E-state index contributed by atoms with van der Waals surface area (Å²) in [5, 5.41) is 25.2. The number of hydroxylamine groups is 1. The van der Waals surface area contributed by atoms with Crippen LogP contribution in [0.3, 0.4) is 0 Å². The van der Waals surface area contributed by atoms with Crippen molar-refractivity contribution in [3.63, 3.8) is 0 Å². The summed E-state index contributed by atoms with van der Waals surface area (Å²) in [7, 11) is -3.65. The molecule has 1 aromatic heterocycles. The van der Waals surface area contributed by atoms with Crippen molar-refractivity contribution in [1.29, 1.82) is 0 Å². The van der Waals surface area contributed by atoms with Gasteiger partial charge in [0.2, 0.25) is 5.82 Å². The molecule has 1 aromatic carbocycles. The zero-order valence-corrected chi connectivity index (χ0v) is 19.5. The maximum absolute atomic E-state index is 13.4.